The highest BCUT2D eigenvalue weighted by Crippen LogP contribution is 2.22. The van der Waals surface area contributed by atoms with Gasteiger partial charge in [-0.25, -0.2) is 9.59 Å². The van der Waals surface area contributed by atoms with Gasteiger partial charge in [0.1, 0.15) is 5.69 Å². The Kier molecular flexibility index (Phi) is 4.89. The molecular formula is C18H21NO4. The van der Waals surface area contributed by atoms with Gasteiger partial charge < -0.3 is 14.0 Å². The molecule has 0 aliphatic carbocycles. The molecule has 1 heterocycles. The highest BCUT2D eigenvalue weighted by atomic mass is 16.6. The van der Waals surface area contributed by atoms with Crippen LogP contribution in [-0.2, 0) is 14.3 Å². The van der Waals surface area contributed by atoms with E-state index in [1.165, 1.54) is 21.0 Å². The average Bonchev–Trinajstić information content (AvgIpc) is 3.03. The Morgan fingerprint density at radius 1 is 1.09 bits per heavy atom. The molecule has 0 radical (unpaired) electrons. The fourth-order valence-corrected chi connectivity index (χ4v) is 2.37. The normalized spacial score (nSPS) is 12.5. The van der Waals surface area contributed by atoms with Gasteiger partial charge in [-0.05, 0) is 38.5 Å². The molecule has 1 aromatic heterocycles. The first kappa shape index (κ1) is 16.8. The van der Waals surface area contributed by atoms with Crippen LogP contribution in [0.2, 0.25) is 0 Å². The van der Waals surface area contributed by atoms with Crippen molar-refractivity contribution in [1.29, 1.82) is 0 Å². The minimum Gasteiger partial charge on any atom is -0.466 e. The fraction of sp³-hybridized carbons (Fsp3) is 0.333. The number of nitrogens with zero attached hydrogens (tertiary/aromatic N) is 1. The number of hydrogen-bond donors (Lipinski definition) is 0. The quantitative estimate of drug-likeness (QED) is 0.795. The second-order valence-corrected chi connectivity index (χ2v) is 5.78. The average molecular weight is 315 g/mol. The van der Waals surface area contributed by atoms with Crippen LogP contribution in [0.15, 0.2) is 48.7 Å². The van der Waals surface area contributed by atoms with Gasteiger partial charge in [-0.15, -0.1) is 0 Å². The van der Waals surface area contributed by atoms with Gasteiger partial charge in [-0.3, -0.25) is 0 Å². The summed E-state index contributed by atoms with van der Waals surface area (Å²) in [4.78, 5) is 24.1. The Morgan fingerprint density at radius 2 is 1.74 bits per heavy atom. The van der Waals surface area contributed by atoms with Crippen molar-refractivity contribution in [2.75, 3.05) is 7.11 Å². The molecule has 23 heavy (non-hydrogen) atoms. The van der Waals surface area contributed by atoms with E-state index in [1.54, 1.807) is 12.1 Å². The summed E-state index contributed by atoms with van der Waals surface area (Å²) >= 11 is 0. The summed E-state index contributed by atoms with van der Waals surface area (Å²) in [7, 11) is 1.26. The number of esters is 2. The zero-order valence-electron chi connectivity index (χ0n) is 13.8. The van der Waals surface area contributed by atoms with Crippen molar-refractivity contribution in [3.05, 3.63) is 59.9 Å². The molecule has 2 aromatic rings. The van der Waals surface area contributed by atoms with Crippen molar-refractivity contribution < 1.29 is 19.1 Å². The van der Waals surface area contributed by atoms with Crippen molar-refractivity contribution >= 4 is 11.9 Å². The van der Waals surface area contributed by atoms with Crippen LogP contribution in [0.25, 0.3) is 0 Å². The molecule has 0 bridgehead atoms. The van der Waals surface area contributed by atoms with Crippen molar-refractivity contribution in [3.8, 4) is 0 Å². The summed E-state index contributed by atoms with van der Waals surface area (Å²) in [6.45, 7) is 5.01. The Balaban J connectivity index is 2.24. The van der Waals surface area contributed by atoms with E-state index >= 15 is 0 Å². The zero-order valence-corrected chi connectivity index (χ0v) is 13.8. The van der Waals surface area contributed by atoms with Crippen molar-refractivity contribution in [3.63, 3.8) is 0 Å². The molecule has 0 aliphatic rings. The molecule has 5 heteroatoms. The molecule has 1 atom stereocenters. The second-order valence-electron chi connectivity index (χ2n) is 5.78. The Morgan fingerprint density at radius 3 is 2.35 bits per heavy atom. The van der Waals surface area contributed by atoms with Gasteiger partial charge in [0.05, 0.1) is 13.2 Å². The van der Waals surface area contributed by atoms with Crippen LogP contribution in [0.4, 0.5) is 0 Å². The van der Waals surface area contributed by atoms with Crippen molar-refractivity contribution in [2.45, 2.75) is 32.4 Å². The van der Waals surface area contributed by atoms with E-state index in [1.807, 2.05) is 48.0 Å². The van der Waals surface area contributed by atoms with E-state index in [2.05, 4.69) is 4.74 Å². The number of methoxy groups -OCH3 is 1. The number of rotatable bonds is 5. The van der Waals surface area contributed by atoms with Crippen molar-refractivity contribution in [2.24, 2.45) is 0 Å². The van der Waals surface area contributed by atoms with E-state index < -0.39 is 17.5 Å². The second kappa shape index (κ2) is 6.69. The van der Waals surface area contributed by atoms with Gasteiger partial charge in [0, 0.05) is 6.20 Å². The monoisotopic (exact) mass is 315 g/mol. The molecule has 0 spiro atoms. The molecule has 0 saturated heterocycles. The van der Waals surface area contributed by atoms with Crippen LogP contribution in [-0.4, -0.2) is 29.2 Å². The van der Waals surface area contributed by atoms with Crippen LogP contribution in [0, 0.1) is 0 Å². The van der Waals surface area contributed by atoms with E-state index in [4.69, 9.17) is 4.74 Å². The summed E-state index contributed by atoms with van der Waals surface area (Å²) in [5.74, 6) is -1.16. The number of ether oxygens (including phenoxy) is 2. The lowest BCUT2D eigenvalue weighted by molar-refractivity contribution is -0.159. The predicted molar refractivity (Wildman–Crippen MR) is 86.2 cm³/mol. The zero-order chi connectivity index (χ0) is 17.0. The Bertz CT molecular complexity index is 688. The third-order valence-corrected chi connectivity index (χ3v) is 3.71. The molecule has 0 aliphatic heterocycles. The lowest BCUT2D eigenvalue weighted by Crippen LogP contribution is -2.38. The fourth-order valence-electron chi connectivity index (χ4n) is 2.37. The molecule has 0 amide bonds. The predicted octanol–water partition coefficient (Wildman–Crippen LogP) is 3.21. The first-order valence-corrected chi connectivity index (χ1v) is 7.40. The van der Waals surface area contributed by atoms with Crippen molar-refractivity contribution in [1.82, 2.24) is 4.57 Å². The first-order chi connectivity index (χ1) is 10.9. The Hall–Kier alpha value is -2.56. The van der Waals surface area contributed by atoms with Crippen LogP contribution >= 0.6 is 0 Å². The third-order valence-electron chi connectivity index (χ3n) is 3.71. The topological polar surface area (TPSA) is 57.5 Å². The summed E-state index contributed by atoms with van der Waals surface area (Å²) in [5.41, 5.74) is 0.125. The summed E-state index contributed by atoms with van der Waals surface area (Å²) < 4.78 is 11.8. The van der Waals surface area contributed by atoms with Crippen LogP contribution in [0.5, 0.6) is 0 Å². The molecule has 0 fully saturated rings. The highest BCUT2D eigenvalue weighted by molar-refractivity contribution is 5.91. The number of carbonyl (C=O) groups excluding carboxylic acids is 2. The smallest absolute Gasteiger partial charge is 0.356 e. The molecular weight excluding hydrogens is 294 g/mol. The minimum atomic E-state index is -1.34. The van der Waals surface area contributed by atoms with Gasteiger partial charge in [-0.1, -0.05) is 30.3 Å². The van der Waals surface area contributed by atoms with Crippen LogP contribution < -0.4 is 0 Å². The Labute approximate surface area is 135 Å². The third kappa shape index (κ3) is 3.62. The van der Waals surface area contributed by atoms with Gasteiger partial charge >= 0.3 is 11.9 Å². The number of aromatic nitrogens is 1. The molecule has 5 nitrogen and oxygen atoms in total. The van der Waals surface area contributed by atoms with E-state index in [0.717, 1.165) is 5.56 Å². The van der Waals surface area contributed by atoms with Crippen LogP contribution in [0.3, 0.4) is 0 Å². The standard InChI is InChI=1S/C18H21NO4/c1-13(14-9-6-5-7-10-14)19-12-8-11-15(19)16(20)23-18(2,3)17(21)22-4/h5-13H,1-4H3/t13-/m1/s1. The van der Waals surface area contributed by atoms with Gasteiger partial charge in [0.15, 0.2) is 0 Å². The SMILES string of the molecule is COC(=O)C(C)(C)OC(=O)c1cccn1[C@H](C)c1ccccc1. The lowest BCUT2D eigenvalue weighted by atomic mass is 10.1. The summed E-state index contributed by atoms with van der Waals surface area (Å²) in [6.07, 6.45) is 1.82. The van der Waals surface area contributed by atoms with Gasteiger partial charge in [0.25, 0.3) is 0 Å². The maximum atomic E-state index is 12.4. The lowest BCUT2D eigenvalue weighted by Gasteiger charge is -2.23. The number of hydrogen-bond acceptors (Lipinski definition) is 4. The molecule has 1 aromatic carbocycles. The first-order valence-electron chi connectivity index (χ1n) is 7.40. The minimum absolute atomic E-state index is 0.0324. The maximum Gasteiger partial charge on any atom is 0.356 e. The largest absolute Gasteiger partial charge is 0.466 e. The number of carbonyl (C=O) groups is 2. The molecule has 122 valence electrons. The van der Waals surface area contributed by atoms with E-state index in [0.29, 0.717) is 5.69 Å². The highest BCUT2D eigenvalue weighted by Gasteiger charge is 2.34. The molecule has 0 saturated carbocycles. The summed E-state index contributed by atoms with van der Waals surface area (Å²) in [5, 5.41) is 0. The van der Waals surface area contributed by atoms with E-state index in [9.17, 15) is 9.59 Å². The molecule has 0 unspecified atom stereocenters. The maximum absolute atomic E-state index is 12.4. The number of benzene rings is 1. The van der Waals surface area contributed by atoms with Crippen LogP contribution in [0.1, 0.15) is 42.9 Å². The van der Waals surface area contributed by atoms with Gasteiger partial charge in [-0.2, -0.15) is 0 Å². The summed E-state index contributed by atoms with van der Waals surface area (Å²) in [6, 6.07) is 13.3. The van der Waals surface area contributed by atoms with Gasteiger partial charge in [0.2, 0.25) is 5.60 Å². The molecule has 2 rings (SSSR count). The van der Waals surface area contributed by atoms with E-state index in [-0.39, 0.29) is 6.04 Å². The molecule has 0 N–H and O–H groups in total.